The minimum absolute atomic E-state index is 0.213. The zero-order chi connectivity index (χ0) is 24.9. The van der Waals surface area contributed by atoms with Crippen LogP contribution in [-0.2, 0) is 4.74 Å². The molecule has 3 heterocycles. The molecule has 2 aliphatic heterocycles. The first-order chi connectivity index (χ1) is 16.8. The first kappa shape index (κ1) is 23.5. The number of likely N-dealkylation sites (N-methyl/N-ethyl adjacent to an activating group) is 1. The Balaban J connectivity index is 1.65. The van der Waals surface area contributed by atoms with Gasteiger partial charge in [0.1, 0.15) is 24.1 Å². The molecule has 0 saturated heterocycles. The van der Waals surface area contributed by atoms with E-state index in [1.54, 1.807) is 24.0 Å². The van der Waals surface area contributed by atoms with Gasteiger partial charge in [0.2, 0.25) is 0 Å². The molecule has 0 aliphatic carbocycles. The fourth-order valence-electron chi connectivity index (χ4n) is 4.89. The van der Waals surface area contributed by atoms with Crippen molar-refractivity contribution in [3.05, 3.63) is 82.8 Å². The van der Waals surface area contributed by atoms with Gasteiger partial charge in [-0.2, -0.15) is 5.10 Å². The van der Waals surface area contributed by atoms with E-state index in [-0.39, 0.29) is 18.9 Å². The molecule has 3 atom stereocenters. The topological polar surface area (TPSA) is 98.5 Å². The van der Waals surface area contributed by atoms with Gasteiger partial charge in [0.15, 0.2) is 17.5 Å². The van der Waals surface area contributed by atoms with E-state index >= 15 is 4.39 Å². The highest BCUT2D eigenvalue weighted by atomic mass is 19.2. The van der Waals surface area contributed by atoms with E-state index in [0.717, 1.165) is 17.7 Å². The molecule has 3 aromatic rings. The fourth-order valence-corrected chi connectivity index (χ4v) is 4.89. The Kier molecular flexibility index (Phi) is 6.09. The Bertz CT molecular complexity index is 1290. The number of hydrogen-bond acceptors (Lipinski definition) is 7. The summed E-state index contributed by atoms with van der Waals surface area (Å²) in [6.07, 6.45) is 0.0872. The van der Waals surface area contributed by atoms with Gasteiger partial charge < -0.3 is 15.4 Å². The number of ether oxygens (including phenoxy) is 1. The Morgan fingerprint density at radius 3 is 2.51 bits per heavy atom. The van der Waals surface area contributed by atoms with Crippen LogP contribution in [0.25, 0.3) is 5.69 Å². The van der Waals surface area contributed by atoms with Crippen molar-refractivity contribution in [3.63, 3.8) is 0 Å². The largest absolute Gasteiger partial charge is 0.376 e. The summed E-state index contributed by atoms with van der Waals surface area (Å²) in [6.45, 7) is 4.65. The van der Waals surface area contributed by atoms with Crippen molar-refractivity contribution in [1.29, 1.82) is 0 Å². The Labute approximate surface area is 200 Å². The van der Waals surface area contributed by atoms with E-state index in [0.29, 0.717) is 29.3 Å². The van der Waals surface area contributed by atoms with Crippen molar-refractivity contribution in [2.45, 2.75) is 32.2 Å². The van der Waals surface area contributed by atoms with Gasteiger partial charge in [0.25, 0.3) is 0 Å². The highest BCUT2D eigenvalue weighted by Gasteiger charge is 2.42. The molecule has 0 bridgehead atoms. The van der Waals surface area contributed by atoms with Gasteiger partial charge in [-0.25, -0.2) is 22.8 Å². The average Bonchev–Trinajstić information content (AvgIpc) is 3.26. The predicted octanol–water partition coefficient (Wildman–Crippen LogP) is 2.73. The summed E-state index contributed by atoms with van der Waals surface area (Å²) >= 11 is 0. The maximum atomic E-state index is 15.3. The van der Waals surface area contributed by atoms with Crippen LogP contribution in [-0.4, -0.2) is 51.9 Å². The summed E-state index contributed by atoms with van der Waals surface area (Å²) in [5.41, 5.74) is 15.9. The Morgan fingerprint density at radius 2 is 1.86 bits per heavy atom. The summed E-state index contributed by atoms with van der Waals surface area (Å²) in [5.74, 6) is -2.35. The standard InChI is InChI=1S/C24H26F3N7O/c1-3-32-23(28)17-11-35-10-16(14-4-6-18(25)19(26)8-14)22(17)33(24(32)29)15-5-7-21(20(27)9-15)34-13(2)30-12-31-34/h4-9,12,16,23-24H,3,10-11,28-29H2,1-2H3. The van der Waals surface area contributed by atoms with Crippen molar-refractivity contribution < 1.29 is 17.9 Å². The SMILES string of the molecule is CCN1C(N)C2=C(C(c3ccc(F)c(F)c3)COC2)N(c2ccc(-n3ncnc3C)c(F)c2)C1N. The summed E-state index contributed by atoms with van der Waals surface area (Å²) in [5, 5.41) is 4.08. The second-order valence-electron chi connectivity index (χ2n) is 8.57. The number of nitrogens with two attached hydrogens (primary N) is 2. The number of rotatable bonds is 4. The number of aryl methyl sites for hydroxylation is 1. The fraction of sp³-hybridized carbons (Fsp3) is 0.333. The van der Waals surface area contributed by atoms with Gasteiger partial charge in [-0.05, 0) is 42.8 Å². The average molecular weight is 486 g/mol. The maximum absolute atomic E-state index is 15.3. The molecule has 8 nitrogen and oxygen atoms in total. The van der Waals surface area contributed by atoms with Crippen molar-refractivity contribution in [2.24, 2.45) is 11.5 Å². The molecule has 0 radical (unpaired) electrons. The van der Waals surface area contributed by atoms with Crippen molar-refractivity contribution >= 4 is 5.69 Å². The minimum Gasteiger partial charge on any atom is -0.376 e. The smallest absolute Gasteiger partial charge is 0.159 e. The predicted molar refractivity (Wildman–Crippen MR) is 124 cm³/mol. The lowest BCUT2D eigenvalue weighted by Crippen LogP contribution is -2.65. The second-order valence-corrected chi connectivity index (χ2v) is 8.57. The molecule has 35 heavy (non-hydrogen) atoms. The number of aromatic nitrogens is 3. The summed E-state index contributed by atoms with van der Waals surface area (Å²) in [6, 6.07) is 8.48. The summed E-state index contributed by atoms with van der Waals surface area (Å²) < 4.78 is 50.4. The number of anilines is 1. The van der Waals surface area contributed by atoms with Crippen LogP contribution in [0.3, 0.4) is 0 Å². The van der Waals surface area contributed by atoms with E-state index in [1.807, 2.05) is 11.8 Å². The van der Waals surface area contributed by atoms with E-state index in [4.69, 9.17) is 16.2 Å². The highest BCUT2D eigenvalue weighted by Crippen LogP contribution is 2.42. The normalized spacial score (nSPS) is 23.1. The lowest BCUT2D eigenvalue weighted by molar-refractivity contribution is 0.0809. The molecule has 0 amide bonds. The molecule has 4 N–H and O–H groups in total. The molecule has 0 saturated carbocycles. The third-order valence-electron chi connectivity index (χ3n) is 6.65. The Morgan fingerprint density at radius 1 is 1.06 bits per heavy atom. The van der Waals surface area contributed by atoms with Crippen molar-refractivity contribution in [1.82, 2.24) is 19.7 Å². The first-order valence-corrected chi connectivity index (χ1v) is 11.3. The number of hydrogen-bond donors (Lipinski definition) is 2. The molecular formula is C24H26F3N7O. The lowest BCUT2D eigenvalue weighted by Gasteiger charge is -2.51. The maximum Gasteiger partial charge on any atom is 0.159 e. The van der Waals surface area contributed by atoms with E-state index in [9.17, 15) is 8.78 Å². The lowest BCUT2D eigenvalue weighted by atomic mass is 9.87. The van der Waals surface area contributed by atoms with Gasteiger partial charge >= 0.3 is 0 Å². The molecule has 3 unspecified atom stereocenters. The van der Waals surface area contributed by atoms with Crippen molar-refractivity contribution in [2.75, 3.05) is 24.7 Å². The van der Waals surface area contributed by atoms with Crippen LogP contribution in [0.5, 0.6) is 0 Å². The molecular weight excluding hydrogens is 459 g/mol. The number of halogens is 3. The van der Waals surface area contributed by atoms with Crippen LogP contribution in [0.1, 0.15) is 24.2 Å². The van der Waals surface area contributed by atoms with Crippen LogP contribution in [0.2, 0.25) is 0 Å². The van der Waals surface area contributed by atoms with E-state index in [1.165, 1.54) is 23.1 Å². The molecule has 0 fully saturated rings. The highest BCUT2D eigenvalue weighted by molar-refractivity contribution is 5.61. The van der Waals surface area contributed by atoms with Crippen LogP contribution >= 0.6 is 0 Å². The van der Waals surface area contributed by atoms with Crippen LogP contribution in [0.15, 0.2) is 54.0 Å². The molecule has 5 rings (SSSR count). The van der Waals surface area contributed by atoms with Gasteiger partial charge in [-0.15, -0.1) is 0 Å². The third kappa shape index (κ3) is 3.90. The molecule has 2 aliphatic rings. The minimum atomic E-state index is -0.958. The van der Waals surface area contributed by atoms with Crippen LogP contribution < -0.4 is 16.4 Å². The third-order valence-corrected chi connectivity index (χ3v) is 6.65. The monoisotopic (exact) mass is 485 g/mol. The summed E-state index contributed by atoms with van der Waals surface area (Å²) in [4.78, 5) is 7.72. The number of benzene rings is 2. The van der Waals surface area contributed by atoms with Gasteiger partial charge in [-0.3, -0.25) is 10.6 Å². The van der Waals surface area contributed by atoms with Gasteiger partial charge in [0, 0.05) is 29.4 Å². The summed E-state index contributed by atoms with van der Waals surface area (Å²) in [7, 11) is 0. The van der Waals surface area contributed by atoms with Crippen LogP contribution in [0, 0.1) is 24.4 Å². The molecule has 11 heteroatoms. The van der Waals surface area contributed by atoms with Crippen LogP contribution in [0.4, 0.5) is 18.9 Å². The van der Waals surface area contributed by atoms with Gasteiger partial charge in [0.05, 0.1) is 19.4 Å². The van der Waals surface area contributed by atoms with Gasteiger partial charge in [-0.1, -0.05) is 13.0 Å². The zero-order valence-corrected chi connectivity index (χ0v) is 19.3. The molecule has 0 spiro atoms. The first-order valence-electron chi connectivity index (χ1n) is 11.3. The van der Waals surface area contributed by atoms with E-state index < -0.39 is 35.8 Å². The van der Waals surface area contributed by atoms with E-state index in [2.05, 4.69) is 10.1 Å². The Hall–Kier alpha value is -3.25. The zero-order valence-electron chi connectivity index (χ0n) is 19.3. The quantitative estimate of drug-likeness (QED) is 0.586. The second kappa shape index (κ2) is 9.08. The molecule has 184 valence electrons. The molecule has 2 aromatic carbocycles. The molecule has 1 aromatic heterocycles. The number of nitrogens with zero attached hydrogens (tertiary/aromatic N) is 5. The van der Waals surface area contributed by atoms with Crippen molar-refractivity contribution in [3.8, 4) is 5.69 Å².